The second-order valence-electron chi connectivity index (χ2n) is 10.9. The van der Waals surface area contributed by atoms with E-state index in [9.17, 15) is 25.2 Å². The Morgan fingerprint density at radius 2 is 1.73 bits per heavy atom. The minimum absolute atomic E-state index is 0.0412. The van der Waals surface area contributed by atoms with E-state index in [4.69, 9.17) is 4.74 Å². The van der Waals surface area contributed by atoms with Crippen LogP contribution in [0.1, 0.15) is 66.7 Å². The number of carbonyl (C=O) groups is 1. The molecule has 6 nitrogen and oxygen atoms in total. The first-order valence-corrected chi connectivity index (χ1v) is 13.7. The van der Waals surface area contributed by atoms with Crippen molar-refractivity contribution in [3.63, 3.8) is 0 Å². The monoisotopic (exact) mass is 518 g/mol. The number of rotatable bonds is 3. The van der Waals surface area contributed by atoms with Gasteiger partial charge in [0.15, 0.2) is 0 Å². The smallest absolute Gasteiger partial charge is 0.331 e. The molecule has 1 aliphatic rings. The molecule has 0 saturated heterocycles. The summed E-state index contributed by atoms with van der Waals surface area (Å²) < 4.78 is 5.78. The highest BCUT2D eigenvalue weighted by molar-refractivity contribution is 5.82. The Morgan fingerprint density at radius 3 is 2.41 bits per heavy atom. The molecule has 0 amide bonds. The number of carbonyl (C=O) groups excluding carboxylic acids is 1. The van der Waals surface area contributed by atoms with Gasteiger partial charge in [0, 0.05) is 30.3 Å². The van der Waals surface area contributed by atoms with Gasteiger partial charge >= 0.3 is 5.97 Å². The molecule has 0 spiro atoms. The van der Waals surface area contributed by atoms with Crippen molar-refractivity contribution in [3.05, 3.63) is 61.3 Å². The summed E-state index contributed by atoms with van der Waals surface area (Å²) in [6.07, 6.45) is 14.5. The van der Waals surface area contributed by atoms with E-state index in [0.717, 1.165) is 12.8 Å². The minimum Gasteiger partial charge on any atom is -0.458 e. The molecule has 0 aromatic rings. The molecule has 4 N–H and O–H groups in total. The lowest BCUT2D eigenvalue weighted by Gasteiger charge is -2.31. The van der Waals surface area contributed by atoms with Gasteiger partial charge in [-0.25, -0.2) is 4.79 Å². The molecule has 0 aromatic carbocycles. The average Bonchev–Trinajstić information content (AvgIpc) is 2.85. The third kappa shape index (κ3) is 12.9. The van der Waals surface area contributed by atoms with Crippen molar-refractivity contribution < 1.29 is 30.0 Å². The molecular formula is C31H50O6. The number of allylic oxidation sites excluding steroid dienone is 4. The van der Waals surface area contributed by atoms with Gasteiger partial charge in [-0.2, -0.15) is 0 Å². The number of ether oxygens (including phenoxy) is 1. The zero-order valence-electron chi connectivity index (χ0n) is 23.3. The van der Waals surface area contributed by atoms with Gasteiger partial charge in [-0.3, -0.25) is 0 Å². The maximum Gasteiger partial charge on any atom is 0.331 e. The van der Waals surface area contributed by atoms with E-state index in [0.29, 0.717) is 12.8 Å². The highest BCUT2D eigenvalue weighted by Crippen LogP contribution is 2.28. The predicted octanol–water partition coefficient (Wildman–Crippen LogP) is 4.90. The molecule has 0 bridgehead atoms. The number of esters is 1. The Labute approximate surface area is 224 Å². The summed E-state index contributed by atoms with van der Waals surface area (Å²) in [4.78, 5) is 12.5. The maximum atomic E-state index is 12.5. The van der Waals surface area contributed by atoms with E-state index in [1.165, 1.54) is 6.08 Å². The average molecular weight is 519 g/mol. The summed E-state index contributed by atoms with van der Waals surface area (Å²) in [7, 11) is 0. The first kappa shape index (κ1) is 33.0. The number of hydrogen-bond donors (Lipinski definition) is 4. The first-order valence-electron chi connectivity index (χ1n) is 13.7. The zero-order chi connectivity index (χ0) is 28.0. The van der Waals surface area contributed by atoms with Crippen LogP contribution < -0.4 is 0 Å². The van der Waals surface area contributed by atoms with Gasteiger partial charge < -0.3 is 25.2 Å². The van der Waals surface area contributed by atoms with Crippen LogP contribution in [0.3, 0.4) is 0 Å². The Hall–Kier alpha value is -1.99. The molecule has 0 unspecified atom stereocenters. The van der Waals surface area contributed by atoms with E-state index >= 15 is 0 Å². The molecule has 0 saturated carbocycles. The molecule has 6 heteroatoms. The summed E-state index contributed by atoms with van der Waals surface area (Å²) in [5.74, 6) is -0.708. The third-order valence-corrected chi connectivity index (χ3v) is 7.34. The Kier molecular flexibility index (Phi) is 15.6. The number of hydrogen-bond acceptors (Lipinski definition) is 6. The SMILES string of the molecule is C=C/C=C\[C@H](C)[C@@H]1OC(=O)/C=C\C=C\C[C@@H](O)C[C@H](O)/C=C\[C@H](C)[C@H](O)[C@@H](C)C[C@@H](C)CC[C@@H](O)[C@@H]1C. The largest absolute Gasteiger partial charge is 0.458 e. The van der Waals surface area contributed by atoms with E-state index in [-0.39, 0.29) is 36.0 Å². The number of aliphatic hydroxyl groups is 4. The molecule has 0 aromatic heterocycles. The molecule has 0 radical (unpaired) electrons. The van der Waals surface area contributed by atoms with Gasteiger partial charge in [-0.1, -0.05) is 89.8 Å². The van der Waals surface area contributed by atoms with Crippen molar-refractivity contribution in [1.29, 1.82) is 0 Å². The van der Waals surface area contributed by atoms with Crippen LogP contribution in [0.2, 0.25) is 0 Å². The first-order chi connectivity index (χ1) is 17.5. The normalized spacial score (nSPS) is 39.5. The lowest BCUT2D eigenvalue weighted by Crippen LogP contribution is -2.37. The Morgan fingerprint density at radius 1 is 1.03 bits per heavy atom. The predicted molar refractivity (Wildman–Crippen MR) is 150 cm³/mol. The molecule has 1 aliphatic heterocycles. The summed E-state index contributed by atoms with van der Waals surface area (Å²) in [6.45, 7) is 13.6. The molecule has 10 atom stereocenters. The molecule has 0 fully saturated rings. The van der Waals surface area contributed by atoms with Gasteiger partial charge in [0.05, 0.1) is 24.4 Å². The molecule has 1 heterocycles. The summed E-state index contributed by atoms with van der Waals surface area (Å²) in [6, 6.07) is 0. The second kappa shape index (κ2) is 17.5. The van der Waals surface area contributed by atoms with Gasteiger partial charge in [-0.15, -0.1) is 0 Å². The van der Waals surface area contributed by atoms with Crippen LogP contribution >= 0.6 is 0 Å². The zero-order valence-corrected chi connectivity index (χ0v) is 23.3. The van der Waals surface area contributed by atoms with Crippen LogP contribution in [0.15, 0.2) is 61.3 Å². The summed E-state index contributed by atoms with van der Waals surface area (Å²) in [5.41, 5.74) is 0. The van der Waals surface area contributed by atoms with Crippen molar-refractivity contribution >= 4 is 5.97 Å². The molecule has 0 aliphatic carbocycles. The van der Waals surface area contributed by atoms with Crippen molar-refractivity contribution in [2.24, 2.45) is 29.6 Å². The van der Waals surface area contributed by atoms with Crippen molar-refractivity contribution in [1.82, 2.24) is 0 Å². The van der Waals surface area contributed by atoms with Crippen molar-refractivity contribution in [2.75, 3.05) is 0 Å². The van der Waals surface area contributed by atoms with E-state index in [1.807, 2.05) is 45.9 Å². The Balaban J connectivity index is 3.10. The number of cyclic esters (lactones) is 1. The minimum atomic E-state index is -0.812. The standard InChI is InChI=1S/C31H50O6/c1-7-8-12-23(4)31-25(6)28(34)18-15-21(2)19-24(5)30(36)22(3)16-17-27(33)20-26(32)13-10-9-11-14-29(35)37-31/h7-12,14,16-17,21-28,30-34,36H,1,13,15,18-20H2,2-6H3/b10-9+,12-8-,14-11-,17-16-/t21-,22-,23-,24-,25-,26+,27+,28+,30-,31-/m0/s1. The van der Waals surface area contributed by atoms with Gasteiger partial charge in [0.25, 0.3) is 0 Å². The fourth-order valence-corrected chi connectivity index (χ4v) is 4.90. The molecule has 210 valence electrons. The fourth-order valence-electron chi connectivity index (χ4n) is 4.90. The second-order valence-corrected chi connectivity index (χ2v) is 10.9. The highest BCUT2D eigenvalue weighted by atomic mass is 16.5. The molecular weight excluding hydrogens is 468 g/mol. The van der Waals surface area contributed by atoms with Gasteiger partial charge in [0.1, 0.15) is 6.10 Å². The highest BCUT2D eigenvalue weighted by Gasteiger charge is 2.31. The van der Waals surface area contributed by atoms with E-state index in [2.05, 4.69) is 13.5 Å². The summed E-state index contributed by atoms with van der Waals surface area (Å²) in [5, 5.41) is 42.2. The van der Waals surface area contributed by atoms with Crippen LogP contribution in [0.25, 0.3) is 0 Å². The quantitative estimate of drug-likeness (QED) is 0.241. The van der Waals surface area contributed by atoms with Crippen LogP contribution in [0.4, 0.5) is 0 Å². The van der Waals surface area contributed by atoms with E-state index in [1.54, 1.807) is 30.4 Å². The van der Waals surface area contributed by atoms with E-state index < -0.39 is 36.5 Å². The lowest BCUT2D eigenvalue weighted by atomic mass is 9.82. The lowest BCUT2D eigenvalue weighted by molar-refractivity contribution is -0.150. The molecule has 1 rings (SSSR count). The van der Waals surface area contributed by atoms with Crippen molar-refractivity contribution in [3.8, 4) is 0 Å². The van der Waals surface area contributed by atoms with Crippen LogP contribution in [-0.4, -0.2) is 56.9 Å². The topological polar surface area (TPSA) is 107 Å². The molecule has 37 heavy (non-hydrogen) atoms. The Bertz CT molecular complexity index is 785. The van der Waals surface area contributed by atoms with Crippen LogP contribution in [-0.2, 0) is 9.53 Å². The number of aliphatic hydroxyl groups excluding tert-OH is 4. The summed E-state index contributed by atoms with van der Waals surface area (Å²) >= 11 is 0. The van der Waals surface area contributed by atoms with Crippen LogP contribution in [0.5, 0.6) is 0 Å². The fraction of sp³-hybridized carbons (Fsp3) is 0.645. The van der Waals surface area contributed by atoms with Crippen molar-refractivity contribution in [2.45, 2.75) is 97.2 Å². The van der Waals surface area contributed by atoms with Gasteiger partial charge in [-0.05, 0) is 37.5 Å². The van der Waals surface area contributed by atoms with Crippen LogP contribution in [0, 0.1) is 29.6 Å². The maximum absolute atomic E-state index is 12.5. The van der Waals surface area contributed by atoms with Gasteiger partial charge in [0.2, 0.25) is 0 Å². The third-order valence-electron chi connectivity index (χ3n) is 7.34.